The first-order chi connectivity index (χ1) is 7.36. The van der Waals surface area contributed by atoms with E-state index in [9.17, 15) is 0 Å². The quantitative estimate of drug-likeness (QED) is 0.712. The van der Waals surface area contributed by atoms with E-state index < -0.39 is 0 Å². The van der Waals surface area contributed by atoms with Crippen LogP contribution in [0, 0.1) is 0 Å². The Labute approximate surface area is 92.1 Å². The fourth-order valence-electron chi connectivity index (χ4n) is 1.07. The average Bonchev–Trinajstić information content (AvgIpc) is 2.34. The van der Waals surface area contributed by atoms with E-state index in [1.54, 1.807) is 5.06 Å². The fraction of sp³-hybridized carbons (Fsp3) is 0.333. The molecule has 0 aromatic heterocycles. The van der Waals surface area contributed by atoms with E-state index in [4.69, 9.17) is 4.84 Å². The van der Waals surface area contributed by atoms with Crippen molar-refractivity contribution < 1.29 is 4.84 Å². The van der Waals surface area contributed by atoms with Crippen LogP contribution in [-0.4, -0.2) is 19.2 Å². The number of nitrogens with two attached hydrogens (primary N) is 1. The van der Waals surface area contributed by atoms with E-state index in [1.165, 1.54) is 7.05 Å². The summed E-state index contributed by atoms with van der Waals surface area (Å²) in [4.78, 5) is 5.38. The van der Waals surface area contributed by atoms with Crippen LogP contribution in [-0.2, 0) is 0 Å². The maximum atomic E-state index is 5.38. The molecule has 1 aromatic carbocycles. The molecular weight excluding hydrogens is 188 g/mol. The van der Waals surface area contributed by atoms with Crippen molar-refractivity contribution in [3.05, 3.63) is 36.0 Å². The largest absolute Gasteiger partial charge is 0.380 e. The summed E-state index contributed by atoms with van der Waals surface area (Å²) in [5.41, 5.74) is 5.63. The summed E-state index contributed by atoms with van der Waals surface area (Å²) in [5.74, 6) is 0.914. The smallest absolute Gasteiger partial charge is 0.162 e. The number of fused-ring (bicyclic) bond motifs is 1. The number of rotatable bonds is 0. The van der Waals surface area contributed by atoms with Gasteiger partial charge in [-0.3, -0.25) is 0 Å². The van der Waals surface area contributed by atoms with Gasteiger partial charge in [0, 0.05) is 18.8 Å². The van der Waals surface area contributed by atoms with Gasteiger partial charge < -0.3 is 10.6 Å². The van der Waals surface area contributed by atoms with E-state index >= 15 is 0 Å². The number of hydrogen-bond donors (Lipinski definition) is 1. The minimum absolute atomic E-state index is 0.914. The molecule has 1 aliphatic heterocycles. The molecule has 1 aromatic rings. The van der Waals surface area contributed by atoms with Crippen LogP contribution in [0.1, 0.15) is 19.4 Å². The lowest BCUT2D eigenvalue weighted by atomic mass is 10.2. The lowest BCUT2D eigenvalue weighted by Crippen LogP contribution is -2.18. The number of nitrogens with zero attached hydrogens (tertiary/aromatic N) is 1. The number of benzene rings is 1. The molecule has 1 heterocycles. The number of hydrogen-bond acceptors (Lipinski definition) is 3. The van der Waals surface area contributed by atoms with Gasteiger partial charge in [-0.15, -0.1) is 0 Å². The van der Waals surface area contributed by atoms with E-state index in [0.717, 1.165) is 11.3 Å². The van der Waals surface area contributed by atoms with Crippen molar-refractivity contribution in [2.24, 2.45) is 5.73 Å². The first-order valence-electron chi connectivity index (χ1n) is 5.12. The lowest BCUT2D eigenvalue weighted by Gasteiger charge is -2.20. The van der Waals surface area contributed by atoms with Gasteiger partial charge in [0.05, 0.1) is 0 Å². The molecular formula is C12H20N2O. The molecule has 0 bridgehead atoms. The molecule has 0 atom stereocenters. The molecule has 0 spiro atoms. The van der Waals surface area contributed by atoms with Gasteiger partial charge >= 0.3 is 0 Å². The highest BCUT2D eigenvalue weighted by Crippen LogP contribution is 2.23. The summed E-state index contributed by atoms with van der Waals surface area (Å²) < 4.78 is 0. The van der Waals surface area contributed by atoms with Gasteiger partial charge in [0.1, 0.15) is 0 Å². The van der Waals surface area contributed by atoms with E-state index in [0.29, 0.717) is 0 Å². The van der Waals surface area contributed by atoms with Crippen LogP contribution in [0.15, 0.2) is 30.5 Å². The second-order valence-corrected chi connectivity index (χ2v) is 2.49. The van der Waals surface area contributed by atoms with Gasteiger partial charge in [-0.2, -0.15) is 0 Å². The summed E-state index contributed by atoms with van der Waals surface area (Å²) >= 11 is 0. The summed E-state index contributed by atoms with van der Waals surface area (Å²) in [7, 11) is 3.37. The molecule has 0 radical (unpaired) electrons. The molecule has 2 N–H and O–H groups in total. The third-order valence-electron chi connectivity index (χ3n) is 1.63. The Hall–Kier alpha value is -1.48. The Balaban J connectivity index is 0.000000442. The molecule has 2 rings (SSSR count). The fourth-order valence-corrected chi connectivity index (χ4v) is 1.07. The molecule has 0 saturated heterocycles. The van der Waals surface area contributed by atoms with Crippen LogP contribution in [0.25, 0.3) is 6.08 Å². The van der Waals surface area contributed by atoms with Gasteiger partial charge in [0.2, 0.25) is 0 Å². The maximum absolute atomic E-state index is 5.38. The van der Waals surface area contributed by atoms with Crippen molar-refractivity contribution in [1.82, 2.24) is 5.06 Å². The molecule has 0 unspecified atom stereocenters. The van der Waals surface area contributed by atoms with Crippen LogP contribution in [0.4, 0.5) is 0 Å². The first kappa shape index (κ1) is 13.5. The molecule has 0 fully saturated rings. The van der Waals surface area contributed by atoms with Gasteiger partial charge in [0.15, 0.2) is 5.75 Å². The molecule has 0 saturated carbocycles. The van der Waals surface area contributed by atoms with Crippen LogP contribution in [0.5, 0.6) is 5.75 Å². The predicted molar refractivity (Wildman–Crippen MR) is 65.3 cm³/mol. The monoisotopic (exact) mass is 208 g/mol. The Kier molecular flexibility index (Phi) is 7.10. The normalized spacial score (nSPS) is 11.1. The van der Waals surface area contributed by atoms with Crippen LogP contribution < -0.4 is 10.6 Å². The zero-order chi connectivity index (χ0) is 11.7. The second-order valence-electron chi connectivity index (χ2n) is 2.49. The Morgan fingerprint density at radius 3 is 2.40 bits per heavy atom. The third-order valence-corrected chi connectivity index (χ3v) is 1.63. The number of para-hydroxylation sites is 1. The zero-order valence-electron chi connectivity index (χ0n) is 9.90. The summed E-state index contributed by atoms with van der Waals surface area (Å²) in [6.45, 7) is 4.00. The summed E-state index contributed by atoms with van der Waals surface area (Å²) in [6.07, 6.45) is 3.92. The summed E-state index contributed by atoms with van der Waals surface area (Å²) in [6, 6.07) is 7.94. The second kappa shape index (κ2) is 7.88. The molecule has 15 heavy (non-hydrogen) atoms. The highest BCUT2D eigenvalue weighted by atomic mass is 16.7. The molecule has 3 heteroatoms. The molecule has 84 valence electrons. The van der Waals surface area contributed by atoms with E-state index in [-0.39, 0.29) is 0 Å². The maximum Gasteiger partial charge on any atom is 0.162 e. The van der Waals surface area contributed by atoms with Gasteiger partial charge in [-0.1, -0.05) is 32.0 Å². The van der Waals surface area contributed by atoms with Crippen LogP contribution >= 0.6 is 0 Å². The standard InChI is InChI=1S/C9H9NO.C2H6.CH5N/c1-10-7-6-8-4-2-3-5-9(8)11-10;2*1-2/h2-7H,1H3;1-2H3;2H2,1H3. The van der Waals surface area contributed by atoms with Crippen molar-refractivity contribution in [3.8, 4) is 5.75 Å². The van der Waals surface area contributed by atoms with Crippen molar-refractivity contribution in [2.45, 2.75) is 13.8 Å². The van der Waals surface area contributed by atoms with Gasteiger partial charge in [-0.05, 0) is 19.2 Å². The SMILES string of the molecule is CC.CN.CN1C=Cc2ccccc2O1. The summed E-state index contributed by atoms with van der Waals surface area (Å²) in [5, 5.41) is 1.68. The first-order valence-corrected chi connectivity index (χ1v) is 5.12. The minimum atomic E-state index is 0.914. The number of hydroxylamine groups is 2. The Morgan fingerprint density at radius 1 is 1.13 bits per heavy atom. The van der Waals surface area contributed by atoms with Crippen molar-refractivity contribution >= 4 is 6.08 Å². The van der Waals surface area contributed by atoms with Crippen LogP contribution in [0.2, 0.25) is 0 Å². The Morgan fingerprint density at radius 2 is 1.73 bits per heavy atom. The average molecular weight is 208 g/mol. The molecule has 1 aliphatic rings. The topological polar surface area (TPSA) is 38.5 Å². The van der Waals surface area contributed by atoms with Crippen molar-refractivity contribution in [1.29, 1.82) is 0 Å². The Bertz CT molecular complexity index is 297. The van der Waals surface area contributed by atoms with Crippen LogP contribution in [0.3, 0.4) is 0 Å². The highest BCUT2D eigenvalue weighted by Gasteiger charge is 2.05. The zero-order valence-corrected chi connectivity index (χ0v) is 9.90. The predicted octanol–water partition coefficient (Wildman–Crippen LogP) is 2.50. The molecule has 0 aliphatic carbocycles. The van der Waals surface area contributed by atoms with Gasteiger partial charge in [-0.25, -0.2) is 5.06 Å². The highest BCUT2D eigenvalue weighted by molar-refractivity contribution is 5.58. The molecule has 0 amide bonds. The van der Waals surface area contributed by atoms with Crippen molar-refractivity contribution in [3.63, 3.8) is 0 Å². The minimum Gasteiger partial charge on any atom is -0.380 e. The van der Waals surface area contributed by atoms with E-state index in [1.807, 2.05) is 57.4 Å². The third kappa shape index (κ3) is 4.04. The molecule has 3 nitrogen and oxygen atoms in total. The van der Waals surface area contributed by atoms with Crippen molar-refractivity contribution in [2.75, 3.05) is 14.1 Å². The lowest BCUT2D eigenvalue weighted by molar-refractivity contribution is 0.0188. The van der Waals surface area contributed by atoms with E-state index in [2.05, 4.69) is 5.73 Å². The van der Waals surface area contributed by atoms with Gasteiger partial charge in [0.25, 0.3) is 0 Å².